The van der Waals surface area contributed by atoms with Gasteiger partial charge in [0.25, 0.3) is 0 Å². The second-order valence-corrected chi connectivity index (χ2v) is 4.37. The molecular weight excluding hydrogens is 154 g/mol. The molecular formula is C9H15NO2. The van der Waals surface area contributed by atoms with Crippen LogP contribution in [0.2, 0.25) is 0 Å². The fraction of sp³-hybridized carbons (Fsp3) is 1.00. The first-order chi connectivity index (χ1) is 5.77. The van der Waals surface area contributed by atoms with Gasteiger partial charge in [-0.1, -0.05) is 0 Å². The molecule has 5 unspecified atom stereocenters. The molecule has 0 aromatic carbocycles. The molecule has 0 radical (unpaired) electrons. The molecule has 68 valence electrons. The minimum absolute atomic E-state index is 0.192. The van der Waals surface area contributed by atoms with E-state index < -0.39 is 0 Å². The third-order valence-electron chi connectivity index (χ3n) is 3.72. The Bertz CT molecular complexity index is 209. The zero-order valence-corrected chi connectivity index (χ0v) is 7.31. The van der Waals surface area contributed by atoms with Crippen LogP contribution in [0.3, 0.4) is 0 Å². The predicted octanol–water partition coefficient (Wildman–Crippen LogP) is -0.161. The maximum absolute atomic E-state index is 9.63. The van der Waals surface area contributed by atoms with E-state index in [2.05, 4.69) is 11.9 Å². The van der Waals surface area contributed by atoms with Crippen LogP contribution in [-0.4, -0.2) is 48.0 Å². The Morgan fingerprint density at radius 1 is 1.42 bits per heavy atom. The van der Waals surface area contributed by atoms with Gasteiger partial charge in [-0.2, -0.15) is 0 Å². The number of epoxide rings is 1. The summed E-state index contributed by atoms with van der Waals surface area (Å²) < 4.78 is 5.48. The summed E-state index contributed by atoms with van der Waals surface area (Å²) in [5.41, 5.74) is 0. The summed E-state index contributed by atoms with van der Waals surface area (Å²) in [7, 11) is 2.15. The molecule has 0 aromatic heterocycles. The largest absolute Gasteiger partial charge is 0.390 e. The van der Waals surface area contributed by atoms with Crippen LogP contribution in [0.4, 0.5) is 0 Å². The van der Waals surface area contributed by atoms with E-state index in [0.717, 1.165) is 6.42 Å². The molecule has 0 spiro atoms. The normalized spacial score (nSPS) is 58.0. The Balaban J connectivity index is 1.83. The van der Waals surface area contributed by atoms with Crippen molar-refractivity contribution < 1.29 is 9.84 Å². The van der Waals surface area contributed by atoms with Crippen molar-refractivity contribution in [3.63, 3.8) is 0 Å². The number of fused-ring (bicyclic) bond motifs is 3. The second kappa shape index (κ2) is 2.22. The van der Waals surface area contributed by atoms with E-state index in [4.69, 9.17) is 4.74 Å². The first-order valence-electron chi connectivity index (χ1n) is 4.81. The van der Waals surface area contributed by atoms with Crippen molar-refractivity contribution in [1.29, 1.82) is 0 Å². The monoisotopic (exact) mass is 169 g/mol. The van der Waals surface area contributed by atoms with E-state index in [9.17, 15) is 5.11 Å². The molecule has 3 nitrogen and oxygen atoms in total. The Hall–Kier alpha value is -0.120. The van der Waals surface area contributed by atoms with Gasteiger partial charge < -0.3 is 14.7 Å². The van der Waals surface area contributed by atoms with Gasteiger partial charge in [0.2, 0.25) is 0 Å². The summed E-state index contributed by atoms with van der Waals surface area (Å²) >= 11 is 0. The average Bonchev–Trinajstić information content (AvgIpc) is 2.76. The summed E-state index contributed by atoms with van der Waals surface area (Å²) in [6.45, 7) is 1.18. The third-order valence-corrected chi connectivity index (χ3v) is 3.72. The lowest BCUT2D eigenvalue weighted by atomic mass is 9.83. The second-order valence-electron chi connectivity index (χ2n) is 4.37. The van der Waals surface area contributed by atoms with Gasteiger partial charge in [0, 0.05) is 12.0 Å². The zero-order valence-electron chi connectivity index (χ0n) is 7.31. The predicted molar refractivity (Wildman–Crippen MR) is 43.8 cm³/mol. The highest BCUT2D eigenvalue weighted by molar-refractivity contribution is 5.08. The van der Waals surface area contributed by atoms with Crippen LogP contribution >= 0.6 is 0 Å². The molecule has 2 aliphatic heterocycles. The van der Waals surface area contributed by atoms with Crippen molar-refractivity contribution in [2.45, 2.75) is 37.2 Å². The lowest BCUT2D eigenvalue weighted by Crippen LogP contribution is -2.41. The minimum Gasteiger partial charge on any atom is -0.390 e. The van der Waals surface area contributed by atoms with Gasteiger partial charge in [0.05, 0.1) is 12.2 Å². The minimum atomic E-state index is -0.197. The standard InChI is InChI=1S/C9H15NO2/c1-10-3-2-5-6(10)4-7(11)9-8(5)12-9/h5-9,11H,2-4H2,1H3. The van der Waals surface area contributed by atoms with Gasteiger partial charge in [-0.25, -0.2) is 0 Å². The van der Waals surface area contributed by atoms with Gasteiger partial charge in [0.15, 0.2) is 0 Å². The number of hydrogen-bond acceptors (Lipinski definition) is 3. The van der Waals surface area contributed by atoms with Gasteiger partial charge in [-0.3, -0.25) is 0 Å². The van der Waals surface area contributed by atoms with Crippen LogP contribution in [0.25, 0.3) is 0 Å². The summed E-state index contributed by atoms with van der Waals surface area (Å²) in [5.74, 6) is 0.711. The SMILES string of the molecule is CN1CCC2C3OC3C(O)CC21. The molecule has 1 saturated carbocycles. The smallest absolute Gasteiger partial charge is 0.110 e. The van der Waals surface area contributed by atoms with Crippen molar-refractivity contribution in [1.82, 2.24) is 4.90 Å². The zero-order chi connectivity index (χ0) is 8.29. The molecule has 2 saturated heterocycles. The van der Waals surface area contributed by atoms with Gasteiger partial charge >= 0.3 is 0 Å². The highest BCUT2D eigenvalue weighted by atomic mass is 16.6. The fourth-order valence-corrected chi connectivity index (χ4v) is 2.95. The van der Waals surface area contributed by atoms with Crippen LogP contribution in [0.1, 0.15) is 12.8 Å². The van der Waals surface area contributed by atoms with Crippen molar-refractivity contribution in [2.75, 3.05) is 13.6 Å². The molecule has 0 amide bonds. The molecule has 0 aromatic rings. The van der Waals surface area contributed by atoms with E-state index in [1.165, 1.54) is 13.0 Å². The van der Waals surface area contributed by atoms with Gasteiger partial charge in [-0.05, 0) is 26.4 Å². The average molecular weight is 169 g/mol. The lowest BCUT2D eigenvalue weighted by Gasteiger charge is -2.29. The highest BCUT2D eigenvalue weighted by Crippen LogP contribution is 2.46. The highest BCUT2D eigenvalue weighted by Gasteiger charge is 2.58. The summed E-state index contributed by atoms with van der Waals surface area (Å²) in [6.07, 6.45) is 2.57. The fourth-order valence-electron chi connectivity index (χ4n) is 2.95. The Morgan fingerprint density at radius 3 is 3.08 bits per heavy atom. The van der Waals surface area contributed by atoms with Crippen LogP contribution in [0, 0.1) is 5.92 Å². The van der Waals surface area contributed by atoms with Crippen LogP contribution in [0.5, 0.6) is 0 Å². The molecule has 1 aliphatic carbocycles. The molecule has 3 rings (SSSR count). The van der Waals surface area contributed by atoms with Crippen LogP contribution in [0.15, 0.2) is 0 Å². The molecule has 1 N–H and O–H groups in total. The van der Waals surface area contributed by atoms with E-state index in [-0.39, 0.29) is 12.2 Å². The maximum Gasteiger partial charge on any atom is 0.110 e. The van der Waals surface area contributed by atoms with Gasteiger partial charge in [0.1, 0.15) is 6.10 Å². The Labute approximate surface area is 72.3 Å². The molecule has 3 heteroatoms. The van der Waals surface area contributed by atoms with E-state index >= 15 is 0 Å². The Morgan fingerprint density at radius 2 is 2.25 bits per heavy atom. The molecule has 3 fully saturated rings. The summed E-state index contributed by atoms with van der Waals surface area (Å²) in [6, 6.07) is 0.587. The van der Waals surface area contributed by atoms with Crippen molar-refractivity contribution >= 4 is 0 Å². The molecule has 5 atom stereocenters. The lowest BCUT2D eigenvalue weighted by molar-refractivity contribution is 0.0861. The number of nitrogens with zero attached hydrogens (tertiary/aromatic N) is 1. The Kier molecular flexibility index (Phi) is 1.35. The summed E-state index contributed by atoms with van der Waals surface area (Å²) in [5, 5.41) is 9.63. The number of hydrogen-bond donors (Lipinski definition) is 1. The molecule has 3 aliphatic rings. The van der Waals surface area contributed by atoms with Crippen LogP contribution < -0.4 is 0 Å². The number of likely N-dealkylation sites (tertiary alicyclic amines) is 1. The molecule has 12 heavy (non-hydrogen) atoms. The topological polar surface area (TPSA) is 36.0 Å². The van der Waals surface area contributed by atoms with E-state index in [0.29, 0.717) is 18.1 Å². The quantitative estimate of drug-likeness (QED) is 0.512. The summed E-state index contributed by atoms with van der Waals surface area (Å²) in [4.78, 5) is 2.37. The molecule has 0 bridgehead atoms. The maximum atomic E-state index is 9.63. The first-order valence-corrected chi connectivity index (χ1v) is 4.81. The van der Waals surface area contributed by atoms with Crippen molar-refractivity contribution in [3.8, 4) is 0 Å². The number of ether oxygens (including phenoxy) is 1. The van der Waals surface area contributed by atoms with Gasteiger partial charge in [-0.15, -0.1) is 0 Å². The van der Waals surface area contributed by atoms with E-state index in [1.807, 2.05) is 0 Å². The number of aliphatic hydroxyl groups excluding tert-OH is 1. The van der Waals surface area contributed by atoms with Crippen molar-refractivity contribution in [3.05, 3.63) is 0 Å². The first kappa shape index (κ1) is 7.30. The van der Waals surface area contributed by atoms with E-state index in [1.54, 1.807) is 0 Å². The van der Waals surface area contributed by atoms with Crippen LogP contribution in [-0.2, 0) is 4.74 Å². The number of rotatable bonds is 0. The number of aliphatic hydroxyl groups is 1. The van der Waals surface area contributed by atoms with Crippen molar-refractivity contribution in [2.24, 2.45) is 5.92 Å². The molecule has 2 heterocycles. The third kappa shape index (κ3) is 0.817.